The molecular weight excluding hydrogens is 300 g/mol. The third-order valence-electron chi connectivity index (χ3n) is 5.68. The molecule has 0 radical (unpaired) electrons. The average molecular weight is 324 g/mol. The normalized spacial score (nSPS) is 29.1. The molecule has 3 nitrogen and oxygen atoms in total. The summed E-state index contributed by atoms with van der Waals surface area (Å²) in [6.07, 6.45) is 0.0355. The van der Waals surface area contributed by atoms with Gasteiger partial charge >= 0.3 is 0 Å². The van der Waals surface area contributed by atoms with Crippen molar-refractivity contribution in [3.05, 3.63) is 53.1 Å². The highest BCUT2D eigenvalue weighted by atomic mass is 16.5. The molecule has 3 atom stereocenters. The molecule has 0 saturated heterocycles. The van der Waals surface area contributed by atoms with Crippen molar-refractivity contribution in [2.24, 2.45) is 0 Å². The Labute approximate surface area is 143 Å². The molecule has 3 aliphatic heterocycles. The molecule has 0 amide bonds. The fourth-order valence-electron chi connectivity index (χ4n) is 4.05. The van der Waals surface area contributed by atoms with Crippen LogP contribution >= 0.6 is 0 Å². The first-order chi connectivity index (χ1) is 11.4. The fourth-order valence-corrected chi connectivity index (χ4v) is 4.05. The summed E-state index contributed by atoms with van der Waals surface area (Å²) in [5.41, 5.74) is 10.2. The van der Waals surface area contributed by atoms with Crippen molar-refractivity contribution >= 4 is 16.7 Å². The molecule has 24 heavy (non-hydrogen) atoms. The van der Waals surface area contributed by atoms with Crippen molar-refractivity contribution in [3.8, 4) is 0 Å². The van der Waals surface area contributed by atoms with Crippen LogP contribution in [0.1, 0.15) is 54.2 Å². The minimum Gasteiger partial charge on any atom is -0.369 e. The van der Waals surface area contributed by atoms with Crippen LogP contribution in [0.15, 0.2) is 19.7 Å². The number of hydrogen-bond donors (Lipinski definition) is 0. The minimum atomic E-state index is 0.0118. The molecule has 0 aliphatic carbocycles. The summed E-state index contributed by atoms with van der Waals surface area (Å²) < 4.78 is 17.9. The van der Waals surface area contributed by atoms with Gasteiger partial charge in [-0.25, -0.2) is 0 Å². The van der Waals surface area contributed by atoms with Gasteiger partial charge in [-0.15, -0.1) is 0 Å². The van der Waals surface area contributed by atoms with E-state index in [2.05, 4.69) is 40.5 Å². The lowest BCUT2D eigenvalue weighted by molar-refractivity contribution is 0.0674. The molecule has 0 N–H and O–H groups in total. The molecule has 4 rings (SSSR count). The molecule has 1 aromatic carbocycles. The number of ether oxygens (including phenoxy) is 3. The van der Waals surface area contributed by atoms with E-state index in [0.717, 1.165) is 16.7 Å². The predicted molar refractivity (Wildman–Crippen MR) is 96.3 cm³/mol. The second-order valence-corrected chi connectivity index (χ2v) is 7.00. The van der Waals surface area contributed by atoms with Crippen LogP contribution in [0.5, 0.6) is 0 Å². The van der Waals surface area contributed by atoms with Gasteiger partial charge in [-0.1, -0.05) is 19.7 Å². The number of hydrogen-bond acceptors (Lipinski definition) is 3. The SMILES string of the molecule is C=C1c2c(c3c(c4c2CO[C@@H](C)C4=C)CO[C@@H](C)C3=C)CO[C@H]1C. The molecule has 0 aromatic heterocycles. The van der Waals surface area contributed by atoms with Crippen LogP contribution in [-0.2, 0) is 34.0 Å². The van der Waals surface area contributed by atoms with Crippen molar-refractivity contribution < 1.29 is 14.2 Å². The number of fused-ring (bicyclic) bond motifs is 6. The van der Waals surface area contributed by atoms with Crippen molar-refractivity contribution in [2.75, 3.05) is 0 Å². The van der Waals surface area contributed by atoms with Crippen molar-refractivity contribution in [3.63, 3.8) is 0 Å². The maximum Gasteiger partial charge on any atom is 0.0801 e. The molecule has 0 unspecified atom stereocenters. The van der Waals surface area contributed by atoms with E-state index in [4.69, 9.17) is 14.2 Å². The van der Waals surface area contributed by atoms with Crippen LogP contribution in [0, 0.1) is 0 Å². The van der Waals surface area contributed by atoms with Gasteiger partial charge in [0.2, 0.25) is 0 Å². The quantitative estimate of drug-likeness (QED) is 0.704. The average Bonchev–Trinajstić information content (AvgIpc) is 2.56. The van der Waals surface area contributed by atoms with Crippen LogP contribution < -0.4 is 0 Å². The van der Waals surface area contributed by atoms with Gasteiger partial charge in [-0.2, -0.15) is 0 Å². The number of rotatable bonds is 0. The Balaban J connectivity index is 2.09. The standard InChI is InChI=1S/C21H24O3/c1-10-13(4)22-7-16-19(10)17-8-23-14(5)11(2)21(17)18-9-24-15(6)12(3)20(16)18/h13-15H,1-3,7-9H2,4-6H3/t13-,14-,15-/m0/s1. The summed E-state index contributed by atoms with van der Waals surface area (Å²) in [4.78, 5) is 0. The molecule has 0 saturated carbocycles. The maximum atomic E-state index is 5.96. The summed E-state index contributed by atoms with van der Waals surface area (Å²) in [6.45, 7) is 20.8. The van der Waals surface area contributed by atoms with E-state index in [1.54, 1.807) is 0 Å². The Morgan fingerprint density at radius 2 is 0.833 bits per heavy atom. The summed E-state index contributed by atoms with van der Waals surface area (Å²) in [7, 11) is 0. The molecule has 0 spiro atoms. The maximum absolute atomic E-state index is 5.96. The van der Waals surface area contributed by atoms with Crippen LogP contribution in [-0.4, -0.2) is 18.3 Å². The van der Waals surface area contributed by atoms with Gasteiger partial charge in [0, 0.05) is 0 Å². The highest BCUT2D eigenvalue weighted by molar-refractivity contribution is 5.89. The third kappa shape index (κ3) is 2.02. The molecule has 3 heterocycles. The smallest absolute Gasteiger partial charge is 0.0801 e. The Bertz CT molecular complexity index is 661. The Morgan fingerprint density at radius 3 is 1.08 bits per heavy atom. The lowest BCUT2D eigenvalue weighted by atomic mass is 9.75. The van der Waals surface area contributed by atoms with Crippen LogP contribution in [0.3, 0.4) is 0 Å². The summed E-state index contributed by atoms with van der Waals surface area (Å²) in [5, 5.41) is 0. The van der Waals surface area contributed by atoms with Gasteiger partial charge in [0.1, 0.15) is 0 Å². The molecule has 126 valence electrons. The van der Waals surface area contributed by atoms with Gasteiger partial charge in [0.15, 0.2) is 0 Å². The van der Waals surface area contributed by atoms with E-state index in [-0.39, 0.29) is 18.3 Å². The van der Waals surface area contributed by atoms with Gasteiger partial charge in [-0.05, 0) is 70.9 Å². The molecule has 0 bridgehead atoms. The Hall–Kier alpha value is -1.68. The first-order valence-corrected chi connectivity index (χ1v) is 8.54. The Kier molecular flexibility index (Phi) is 3.57. The van der Waals surface area contributed by atoms with E-state index in [9.17, 15) is 0 Å². The largest absolute Gasteiger partial charge is 0.369 e. The van der Waals surface area contributed by atoms with Crippen molar-refractivity contribution in [1.29, 1.82) is 0 Å². The van der Waals surface area contributed by atoms with E-state index in [0.29, 0.717) is 19.8 Å². The van der Waals surface area contributed by atoms with Crippen molar-refractivity contribution in [1.82, 2.24) is 0 Å². The zero-order valence-corrected chi connectivity index (χ0v) is 14.7. The molecule has 1 aromatic rings. The second-order valence-electron chi connectivity index (χ2n) is 7.00. The van der Waals surface area contributed by atoms with Crippen LogP contribution in [0.2, 0.25) is 0 Å². The summed E-state index contributed by atoms with van der Waals surface area (Å²) in [6, 6.07) is 0. The molecular formula is C21H24O3. The second kappa shape index (κ2) is 5.41. The fraction of sp³-hybridized carbons (Fsp3) is 0.429. The zero-order chi connectivity index (χ0) is 17.2. The van der Waals surface area contributed by atoms with Crippen LogP contribution in [0.4, 0.5) is 0 Å². The zero-order valence-electron chi connectivity index (χ0n) is 14.7. The van der Waals surface area contributed by atoms with E-state index < -0.39 is 0 Å². The lowest BCUT2D eigenvalue weighted by Gasteiger charge is -2.39. The summed E-state index contributed by atoms with van der Waals surface area (Å²) in [5.74, 6) is 0. The minimum absolute atomic E-state index is 0.0118. The van der Waals surface area contributed by atoms with Gasteiger partial charge in [0.25, 0.3) is 0 Å². The predicted octanol–water partition coefficient (Wildman–Crippen LogP) is 4.48. The van der Waals surface area contributed by atoms with E-state index in [1.165, 1.54) is 33.4 Å². The van der Waals surface area contributed by atoms with Gasteiger partial charge < -0.3 is 14.2 Å². The topological polar surface area (TPSA) is 27.7 Å². The van der Waals surface area contributed by atoms with Gasteiger partial charge in [-0.3, -0.25) is 0 Å². The molecule has 3 aliphatic rings. The van der Waals surface area contributed by atoms with Gasteiger partial charge in [0.05, 0.1) is 38.1 Å². The Morgan fingerprint density at radius 1 is 0.583 bits per heavy atom. The molecule has 0 fully saturated rings. The first-order valence-electron chi connectivity index (χ1n) is 8.54. The lowest BCUT2D eigenvalue weighted by Crippen LogP contribution is -2.30. The molecule has 3 heteroatoms. The highest BCUT2D eigenvalue weighted by Crippen LogP contribution is 2.47. The number of benzene rings is 1. The van der Waals surface area contributed by atoms with Crippen molar-refractivity contribution in [2.45, 2.75) is 58.9 Å². The van der Waals surface area contributed by atoms with E-state index >= 15 is 0 Å². The monoisotopic (exact) mass is 324 g/mol. The van der Waals surface area contributed by atoms with E-state index in [1.807, 2.05) is 0 Å². The highest BCUT2D eigenvalue weighted by Gasteiger charge is 2.36. The summed E-state index contributed by atoms with van der Waals surface area (Å²) >= 11 is 0. The van der Waals surface area contributed by atoms with Crippen LogP contribution in [0.25, 0.3) is 16.7 Å². The first kappa shape index (κ1) is 15.8. The third-order valence-corrected chi connectivity index (χ3v) is 5.68.